The van der Waals surface area contributed by atoms with Crippen LogP contribution in [0.5, 0.6) is 0 Å². The molecule has 1 aliphatic rings. The molecule has 0 spiro atoms. The van der Waals surface area contributed by atoms with Gasteiger partial charge in [-0.15, -0.1) is 0 Å². The van der Waals surface area contributed by atoms with Crippen LogP contribution in [0.15, 0.2) is 18.2 Å². The van der Waals surface area contributed by atoms with Crippen LogP contribution in [0, 0.1) is 6.92 Å². The standard InChI is InChI=1S/C12H16ClN/c1-9-4-2-5-10(13)11(9)12(8-14)6-3-7-12/h2,4-5H,3,6-8,14H2,1H3. The van der Waals surface area contributed by atoms with Crippen LogP contribution in [0.4, 0.5) is 0 Å². The smallest absolute Gasteiger partial charge is 0.0446 e. The summed E-state index contributed by atoms with van der Waals surface area (Å²) in [6.45, 7) is 2.84. The van der Waals surface area contributed by atoms with Gasteiger partial charge >= 0.3 is 0 Å². The largest absolute Gasteiger partial charge is 0.330 e. The quantitative estimate of drug-likeness (QED) is 0.796. The Kier molecular flexibility index (Phi) is 2.54. The molecule has 1 aliphatic carbocycles. The first kappa shape index (κ1) is 10.0. The van der Waals surface area contributed by atoms with E-state index in [-0.39, 0.29) is 5.41 Å². The number of aryl methyl sites for hydroxylation is 1. The minimum Gasteiger partial charge on any atom is -0.330 e. The monoisotopic (exact) mass is 209 g/mol. The fourth-order valence-electron chi connectivity index (χ4n) is 2.46. The first-order chi connectivity index (χ1) is 6.69. The zero-order valence-electron chi connectivity index (χ0n) is 8.52. The molecule has 76 valence electrons. The van der Waals surface area contributed by atoms with Crippen molar-refractivity contribution in [3.05, 3.63) is 34.3 Å². The number of hydrogen-bond acceptors (Lipinski definition) is 1. The van der Waals surface area contributed by atoms with Crippen LogP contribution in [0.25, 0.3) is 0 Å². The van der Waals surface area contributed by atoms with Gasteiger partial charge in [0.25, 0.3) is 0 Å². The molecule has 2 N–H and O–H groups in total. The lowest BCUT2D eigenvalue weighted by Gasteiger charge is -2.43. The average Bonchev–Trinajstić information content (AvgIpc) is 2.08. The highest BCUT2D eigenvalue weighted by Gasteiger charge is 2.39. The highest BCUT2D eigenvalue weighted by atomic mass is 35.5. The number of halogens is 1. The molecule has 1 saturated carbocycles. The summed E-state index contributed by atoms with van der Waals surface area (Å²) in [6.07, 6.45) is 3.66. The molecular weight excluding hydrogens is 194 g/mol. The van der Waals surface area contributed by atoms with E-state index in [1.807, 2.05) is 12.1 Å². The molecule has 0 saturated heterocycles. The predicted molar refractivity (Wildman–Crippen MR) is 60.8 cm³/mol. The van der Waals surface area contributed by atoms with Crippen LogP contribution in [-0.4, -0.2) is 6.54 Å². The fourth-order valence-corrected chi connectivity index (χ4v) is 2.89. The Morgan fingerprint density at radius 3 is 2.57 bits per heavy atom. The van der Waals surface area contributed by atoms with E-state index in [1.165, 1.54) is 30.4 Å². The van der Waals surface area contributed by atoms with E-state index in [4.69, 9.17) is 17.3 Å². The summed E-state index contributed by atoms with van der Waals surface area (Å²) in [4.78, 5) is 0. The van der Waals surface area contributed by atoms with Crippen LogP contribution in [0.2, 0.25) is 5.02 Å². The maximum atomic E-state index is 6.25. The minimum atomic E-state index is 0.183. The Hall–Kier alpha value is -0.530. The topological polar surface area (TPSA) is 26.0 Å². The molecule has 14 heavy (non-hydrogen) atoms. The molecule has 0 aliphatic heterocycles. The van der Waals surface area contributed by atoms with Crippen molar-refractivity contribution < 1.29 is 0 Å². The highest BCUT2D eigenvalue weighted by Crippen LogP contribution is 2.46. The molecule has 1 nitrogen and oxygen atoms in total. The lowest BCUT2D eigenvalue weighted by Crippen LogP contribution is -2.42. The lowest BCUT2D eigenvalue weighted by molar-refractivity contribution is 0.252. The molecule has 1 aromatic rings. The van der Waals surface area contributed by atoms with Crippen molar-refractivity contribution in [2.24, 2.45) is 5.73 Å². The summed E-state index contributed by atoms with van der Waals surface area (Å²) in [5.74, 6) is 0. The molecule has 0 atom stereocenters. The molecule has 2 rings (SSSR count). The van der Waals surface area contributed by atoms with Crippen LogP contribution in [-0.2, 0) is 5.41 Å². The van der Waals surface area contributed by atoms with Gasteiger partial charge in [0.2, 0.25) is 0 Å². The summed E-state index contributed by atoms with van der Waals surface area (Å²) >= 11 is 6.25. The van der Waals surface area contributed by atoms with Crippen molar-refractivity contribution in [3.8, 4) is 0 Å². The number of benzene rings is 1. The molecule has 0 radical (unpaired) electrons. The fraction of sp³-hybridized carbons (Fsp3) is 0.500. The van der Waals surface area contributed by atoms with Gasteiger partial charge in [0.15, 0.2) is 0 Å². The second-order valence-corrected chi connectivity index (χ2v) is 4.68. The molecule has 0 aromatic heterocycles. The van der Waals surface area contributed by atoms with Gasteiger partial charge in [0.1, 0.15) is 0 Å². The zero-order valence-corrected chi connectivity index (χ0v) is 9.27. The maximum absolute atomic E-state index is 6.25. The van der Waals surface area contributed by atoms with Crippen LogP contribution >= 0.6 is 11.6 Å². The highest BCUT2D eigenvalue weighted by molar-refractivity contribution is 6.31. The third kappa shape index (κ3) is 1.35. The van der Waals surface area contributed by atoms with Gasteiger partial charge in [-0.2, -0.15) is 0 Å². The zero-order chi connectivity index (χ0) is 10.2. The molecule has 2 heteroatoms. The van der Waals surface area contributed by atoms with Gasteiger partial charge in [0, 0.05) is 17.0 Å². The van der Waals surface area contributed by atoms with E-state index in [9.17, 15) is 0 Å². The van der Waals surface area contributed by atoms with Gasteiger partial charge in [0.05, 0.1) is 0 Å². The van der Waals surface area contributed by atoms with E-state index in [0.29, 0.717) is 0 Å². The van der Waals surface area contributed by atoms with Crippen molar-refractivity contribution in [2.75, 3.05) is 6.54 Å². The van der Waals surface area contributed by atoms with Crippen LogP contribution in [0.1, 0.15) is 30.4 Å². The summed E-state index contributed by atoms with van der Waals surface area (Å²) in [7, 11) is 0. The Balaban J connectivity index is 2.49. The first-order valence-corrected chi connectivity index (χ1v) is 5.53. The summed E-state index contributed by atoms with van der Waals surface area (Å²) < 4.78 is 0. The third-order valence-corrected chi connectivity index (χ3v) is 3.77. The number of hydrogen-bond donors (Lipinski definition) is 1. The molecule has 1 aromatic carbocycles. The van der Waals surface area contributed by atoms with Gasteiger partial charge in [-0.3, -0.25) is 0 Å². The van der Waals surface area contributed by atoms with Gasteiger partial charge in [-0.1, -0.05) is 30.2 Å². The number of rotatable bonds is 2. The molecule has 0 heterocycles. The molecule has 0 bridgehead atoms. The SMILES string of the molecule is Cc1cccc(Cl)c1C1(CN)CCC1. The van der Waals surface area contributed by atoms with Gasteiger partial charge < -0.3 is 5.73 Å². The van der Waals surface area contributed by atoms with Crippen molar-refractivity contribution in [3.63, 3.8) is 0 Å². The van der Waals surface area contributed by atoms with E-state index < -0.39 is 0 Å². The maximum Gasteiger partial charge on any atom is 0.0446 e. The van der Waals surface area contributed by atoms with Crippen molar-refractivity contribution in [2.45, 2.75) is 31.6 Å². The van der Waals surface area contributed by atoms with Gasteiger partial charge in [-0.05, 0) is 37.0 Å². The summed E-state index contributed by atoms with van der Waals surface area (Å²) in [5.41, 5.74) is 8.63. The minimum absolute atomic E-state index is 0.183. The van der Waals surface area contributed by atoms with E-state index >= 15 is 0 Å². The lowest BCUT2D eigenvalue weighted by atomic mass is 9.63. The van der Waals surface area contributed by atoms with Crippen molar-refractivity contribution in [1.82, 2.24) is 0 Å². The van der Waals surface area contributed by atoms with Crippen LogP contribution < -0.4 is 5.73 Å². The Bertz CT molecular complexity index is 316. The molecule has 0 unspecified atom stereocenters. The van der Waals surface area contributed by atoms with Crippen molar-refractivity contribution >= 4 is 11.6 Å². The summed E-state index contributed by atoms with van der Waals surface area (Å²) in [6, 6.07) is 6.10. The second-order valence-electron chi connectivity index (χ2n) is 4.27. The number of nitrogens with two attached hydrogens (primary N) is 1. The summed E-state index contributed by atoms with van der Waals surface area (Å²) in [5, 5.41) is 0.884. The van der Waals surface area contributed by atoms with Crippen LogP contribution in [0.3, 0.4) is 0 Å². The van der Waals surface area contributed by atoms with E-state index in [0.717, 1.165) is 11.6 Å². The first-order valence-electron chi connectivity index (χ1n) is 5.15. The Morgan fingerprint density at radius 2 is 2.14 bits per heavy atom. The predicted octanol–water partition coefficient (Wildman–Crippen LogP) is 3.03. The van der Waals surface area contributed by atoms with Crippen molar-refractivity contribution in [1.29, 1.82) is 0 Å². The van der Waals surface area contributed by atoms with E-state index in [2.05, 4.69) is 13.0 Å². The van der Waals surface area contributed by atoms with E-state index in [1.54, 1.807) is 0 Å². The second kappa shape index (κ2) is 3.56. The Morgan fingerprint density at radius 1 is 1.43 bits per heavy atom. The molecule has 0 amide bonds. The molecular formula is C12H16ClN. The molecule has 1 fully saturated rings. The average molecular weight is 210 g/mol. The Labute approximate surface area is 90.3 Å². The van der Waals surface area contributed by atoms with Gasteiger partial charge in [-0.25, -0.2) is 0 Å². The third-order valence-electron chi connectivity index (χ3n) is 3.45. The normalized spacial score (nSPS) is 19.1.